The second-order valence-electron chi connectivity index (χ2n) is 7.76. The van der Waals surface area contributed by atoms with Gasteiger partial charge in [-0.1, -0.05) is 18.2 Å². The lowest BCUT2D eigenvalue weighted by Gasteiger charge is -2.38. The number of fused-ring (bicyclic) bond motifs is 2. The van der Waals surface area contributed by atoms with E-state index >= 15 is 0 Å². The summed E-state index contributed by atoms with van der Waals surface area (Å²) >= 11 is 0. The van der Waals surface area contributed by atoms with Gasteiger partial charge < -0.3 is 20.1 Å². The molecule has 3 heterocycles. The molecule has 1 aromatic carbocycles. The topological polar surface area (TPSA) is 98.9 Å². The number of amides is 1. The number of carbonyl (C=O) groups excluding carboxylic acids is 3. The minimum Gasteiger partial charge on any atom is -0.462 e. The third-order valence-corrected chi connectivity index (χ3v) is 6.26. The molecule has 1 atom stereocenters. The molecule has 4 aliphatic rings. The molecule has 5 rings (SSSR count). The van der Waals surface area contributed by atoms with E-state index < -0.39 is 11.4 Å². The van der Waals surface area contributed by atoms with Gasteiger partial charge in [0.2, 0.25) is 11.8 Å². The van der Waals surface area contributed by atoms with Crippen molar-refractivity contribution in [3.8, 4) is 0 Å². The van der Waals surface area contributed by atoms with Crippen LogP contribution in [0.5, 0.6) is 0 Å². The number of rotatable bonds is 2. The smallest absolute Gasteiger partial charge is 0.341 e. The molecule has 0 saturated carbocycles. The average molecular weight is 394 g/mol. The standard InChI is InChI=1S/C22H22N2O5/c1-2-28-20(26)17-19(23)29-15-10-4-9-14(25)16(15)22(17)13-8-3-6-12-7-5-11-24(18(12)13)21(22)27/h3,6,8H,2,4-5,7,9-11,23H2,1H3. The van der Waals surface area contributed by atoms with Crippen LogP contribution in [0, 0.1) is 0 Å². The number of esters is 1. The molecule has 0 radical (unpaired) electrons. The lowest BCUT2D eigenvalue weighted by Crippen LogP contribution is -2.51. The van der Waals surface area contributed by atoms with Crippen LogP contribution >= 0.6 is 0 Å². The van der Waals surface area contributed by atoms with E-state index in [1.807, 2.05) is 18.2 Å². The van der Waals surface area contributed by atoms with Crippen molar-refractivity contribution in [1.82, 2.24) is 0 Å². The molecule has 0 fully saturated rings. The molecule has 1 amide bonds. The van der Waals surface area contributed by atoms with Crippen LogP contribution < -0.4 is 10.6 Å². The first kappa shape index (κ1) is 18.0. The van der Waals surface area contributed by atoms with Crippen LogP contribution in [0.4, 0.5) is 5.69 Å². The number of carbonyl (C=O) groups is 3. The molecule has 3 aliphatic heterocycles. The maximum Gasteiger partial charge on any atom is 0.341 e. The Kier molecular flexibility index (Phi) is 3.84. The summed E-state index contributed by atoms with van der Waals surface area (Å²) in [6.45, 7) is 2.35. The molecule has 1 spiro atoms. The maximum absolute atomic E-state index is 14.0. The van der Waals surface area contributed by atoms with Crippen molar-refractivity contribution in [1.29, 1.82) is 0 Å². The largest absolute Gasteiger partial charge is 0.462 e. The average Bonchev–Trinajstić information content (AvgIpc) is 2.94. The van der Waals surface area contributed by atoms with Crippen molar-refractivity contribution < 1.29 is 23.9 Å². The normalized spacial score (nSPS) is 25.2. The molecular formula is C22H22N2O5. The van der Waals surface area contributed by atoms with Crippen molar-refractivity contribution >= 4 is 23.3 Å². The number of aryl methyl sites for hydroxylation is 1. The van der Waals surface area contributed by atoms with Crippen molar-refractivity contribution in [2.75, 3.05) is 18.1 Å². The maximum atomic E-state index is 14.0. The quantitative estimate of drug-likeness (QED) is 0.770. The fourth-order valence-corrected chi connectivity index (χ4v) is 5.24. The number of ether oxygens (including phenoxy) is 2. The van der Waals surface area contributed by atoms with Gasteiger partial charge in [-0.15, -0.1) is 0 Å². The van der Waals surface area contributed by atoms with Gasteiger partial charge in [-0.2, -0.15) is 0 Å². The van der Waals surface area contributed by atoms with Gasteiger partial charge in [-0.05, 0) is 31.7 Å². The number of nitrogens with two attached hydrogens (primary N) is 1. The van der Waals surface area contributed by atoms with Crippen LogP contribution in [0.3, 0.4) is 0 Å². The summed E-state index contributed by atoms with van der Waals surface area (Å²) < 4.78 is 11.0. The predicted octanol–water partition coefficient (Wildman–Crippen LogP) is 1.99. The molecule has 29 heavy (non-hydrogen) atoms. The Labute approximate surface area is 168 Å². The third kappa shape index (κ3) is 2.15. The predicted molar refractivity (Wildman–Crippen MR) is 104 cm³/mol. The van der Waals surface area contributed by atoms with Gasteiger partial charge in [-0.25, -0.2) is 4.79 Å². The molecule has 2 N–H and O–H groups in total. The van der Waals surface area contributed by atoms with Crippen molar-refractivity contribution in [2.45, 2.75) is 44.4 Å². The Balaban J connectivity index is 1.88. The number of allylic oxidation sites excluding steroid dienone is 1. The minimum absolute atomic E-state index is 0.0684. The monoisotopic (exact) mass is 394 g/mol. The summed E-state index contributed by atoms with van der Waals surface area (Å²) in [5, 5.41) is 0. The molecule has 7 nitrogen and oxygen atoms in total. The van der Waals surface area contributed by atoms with E-state index in [0.717, 1.165) is 24.1 Å². The Morgan fingerprint density at radius 2 is 2.07 bits per heavy atom. The van der Waals surface area contributed by atoms with Crippen LogP contribution in [-0.4, -0.2) is 30.8 Å². The highest BCUT2D eigenvalue weighted by atomic mass is 16.5. The first-order valence-corrected chi connectivity index (χ1v) is 10.1. The van der Waals surface area contributed by atoms with Crippen molar-refractivity contribution in [3.05, 3.63) is 52.1 Å². The molecule has 150 valence electrons. The van der Waals surface area contributed by atoms with Crippen molar-refractivity contribution in [3.63, 3.8) is 0 Å². The van der Waals surface area contributed by atoms with E-state index in [-0.39, 0.29) is 35.3 Å². The minimum atomic E-state index is -1.59. The molecule has 0 saturated heterocycles. The first-order chi connectivity index (χ1) is 14.0. The van der Waals surface area contributed by atoms with Gasteiger partial charge in [0.15, 0.2) is 5.78 Å². The van der Waals surface area contributed by atoms with Crippen LogP contribution in [0.2, 0.25) is 0 Å². The number of Topliss-reactive ketones (excluding diaryl/α,β-unsaturated/α-hetero) is 1. The zero-order chi connectivity index (χ0) is 20.3. The Hall–Kier alpha value is -3.09. The van der Waals surface area contributed by atoms with E-state index in [9.17, 15) is 14.4 Å². The lowest BCUT2D eigenvalue weighted by molar-refractivity contribution is -0.141. The zero-order valence-corrected chi connectivity index (χ0v) is 16.2. The van der Waals surface area contributed by atoms with E-state index in [2.05, 4.69) is 0 Å². The first-order valence-electron chi connectivity index (χ1n) is 10.1. The molecule has 1 aromatic rings. The number of benzene rings is 1. The highest BCUT2D eigenvalue weighted by Crippen LogP contribution is 2.57. The highest BCUT2D eigenvalue weighted by Gasteiger charge is 2.64. The summed E-state index contributed by atoms with van der Waals surface area (Å²) in [5.74, 6) is -0.955. The van der Waals surface area contributed by atoms with Crippen molar-refractivity contribution in [2.24, 2.45) is 5.73 Å². The zero-order valence-electron chi connectivity index (χ0n) is 16.2. The van der Waals surface area contributed by atoms with Crippen LogP contribution in [0.25, 0.3) is 0 Å². The molecule has 7 heteroatoms. The molecule has 1 unspecified atom stereocenters. The van der Waals surface area contributed by atoms with Crippen LogP contribution in [-0.2, 0) is 35.7 Å². The van der Waals surface area contributed by atoms with E-state index in [4.69, 9.17) is 15.2 Å². The number of anilines is 1. The van der Waals surface area contributed by atoms with Gasteiger partial charge in [0.25, 0.3) is 0 Å². The fraction of sp³-hybridized carbons (Fsp3) is 0.409. The van der Waals surface area contributed by atoms with Gasteiger partial charge in [-0.3, -0.25) is 9.59 Å². The number of hydrogen-bond acceptors (Lipinski definition) is 6. The fourth-order valence-electron chi connectivity index (χ4n) is 5.24. The van der Waals surface area contributed by atoms with Gasteiger partial charge >= 0.3 is 5.97 Å². The second-order valence-corrected chi connectivity index (χ2v) is 7.76. The third-order valence-electron chi connectivity index (χ3n) is 6.26. The van der Waals surface area contributed by atoms with Crippen LogP contribution in [0.15, 0.2) is 41.0 Å². The van der Waals surface area contributed by atoms with E-state index in [0.29, 0.717) is 37.1 Å². The Morgan fingerprint density at radius 3 is 2.86 bits per heavy atom. The molecule has 0 aromatic heterocycles. The number of para-hydroxylation sites is 1. The summed E-state index contributed by atoms with van der Waals surface area (Å²) in [7, 11) is 0. The summed E-state index contributed by atoms with van der Waals surface area (Å²) in [4.78, 5) is 41.9. The molecule has 1 aliphatic carbocycles. The lowest BCUT2D eigenvalue weighted by atomic mass is 9.64. The summed E-state index contributed by atoms with van der Waals surface area (Å²) in [6, 6.07) is 5.69. The SMILES string of the molecule is CCOC(=O)C1=C(N)OC2=C(C(=O)CCC2)C12C(=O)N1CCCc3cccc2c31. The molecule has 0 bridgehead atoms. The van der Waals surface area contributed by atoms with Gasteiger partial charge in [0, 0.05) is 24.9 Å². The number of ketones is 1. The van der Waals surface area contributed by atoms with E-state index in [1.165, 1.54) is 0 Å². The van der Waals surface area contributed by atoms with Gasteiger partial charge in [0.05, 0.1) is 17.9 Å². The Bertz CT molecular complexity index is 1040. The number of hydrogen-bond donors (Lipinski definition) is 1. The highest BCUT2D eigenvalue weighted by molar-refractivity contribution is 6.23. The van der Waals surface area contributed by atoms with E-state index in [1.54, 1.807) is 11.8 Å². The number of nitrogens with zero attached hydrogens (tertiary/aromatic N) is 1. The summed E-state index contributed by atoms with van der Waals surface area (Å²) in [6.07, 6.45) is 3.10. The Morgan fingerprint density at radius 1 is 1.24 bits per heavy atom. The van der Waals surface area contributed by atoms with Crippen LogP contribution in [0.1, 0.15) is 43.7 Å². The second kappa shape index (κ2) is 6.20. The summed E-state index contributed by atoms with van der Waals surface area (Å²) in [5.41, 5.74) is 7.29. The van der Waals surface area contributed by atoms with Gasteiger partial charge in [0.1, 0.15) is 16.7 Å². The molecular weight excluding hydrogens is 372 g/mol.